The van der Waals surface area contributed by atoms with E-state index in [1.165, 1.54) is 12.1 Å². The average molecular weight is 249 g/mol. The Bertz CT molecular complexity index is 537. The van der Waals surface area contributed by atoms with Crippen molar-refractivity contribution >= 4 is 5.91 Å². The molecule has 0 aliphatic heterocycles. The molecule has 0 bridgehead atoms. The van der Waals surface area contributed by atoms with E-state index in [-0.39, 0.29) is 18.3 Å². The summed E-state index contributed by atoms with van der Waals surface area (Å²) in [4.78, 5) is 15.2. The number of aromatic nitrogens is 2. The van der Waals surface area contributed by atoms with Crippen molar-refractivity contribution in [3.8, 4) is 11.5 Å². The van der Waals surface area contributed by atoms with Crippen molar-refractivity contribution in [3.63, 3.8) is 0 Å². The van der Waals surface area contributed by atoms with E-state index in [2.05, 4.69) is 15.5 Å². The van der Waals surface area contributed by atoms with Gasteiger partial charge in [0.15, 0.2) is 5.82 Å². The molecule has 0 saturated carbocycles. The number of hydrogen-bond acceptors (Lipinski definition) is 4. The summed E-state index contributed by atoms with van der Waals surface area (Å²) >= 11 is 0. The van der Waals surface area contributed by atoms with Gasteiger partial charge in [-0.2, -0.15) is 4.98 Å². The molecule has 0 radical (unpaired) electrons. The lowest BCUT2D eigenvalue weighted by atomic mass is 10.2. The summed E-state index contributed by atoms with van der Waals surface area (Å²) in [5.41, 5.74) is 0.636. The second kappa shape index (κ2) is 5.39. The van der Waals surface area contributed by atoms with Crippen molar-refractivity contribution in [2.45, 2.75) is 19.9 Å². The highest BCUT2D eigenvalue weighted by Crippen LogP contribution is 2.17. The lowest BCUT2D eigenvalue weighted by Crippen LogP contribution is -2.21. The molecule has 5 nitrogen and oxygen atoms in total. The van der Waals surface area contributed by atoms with Crippen LogP contribution in [0.4, 0.5) is 4.39 Å². The predicted octanol–water partition coefficient (Wildman–Crippen LogP) is 1.90. The molecule has 2 aromatic rings. The highest BCUT2D eigenvalue weighted by Gasteiger charge is 2.09. The number of carbonyl (C=O) groups is 1. The Kier molecular flexibility index (Phi) is 3.66. The minimum Gasteiger partial charge on any atom is -0.349 e. The van der Waals surface area contributed by atoms with Gasteiger partial charge in [0.25, 0.3) is 5.89 Å². The molecule has 0 spiro atoms. The van der Waals surface area contributed by atoms with E-state index in [1.807, 2.05) is 0 Å². The van der Waals surface area contributed by atoms with Crippen LogP contribution in [0.2, 0.25) is 0 Å². The summed E-state index contributed by atoms with van der Waals surface area (Å²) in [7, 11) is 0. The van der Waals surface area contributed by atoms with Gasteiger partial charge in [0.1, 0.15) is 5.82 Å². The summed E-state index contributed by atoms with van der Waals surface area (Å²) in [5, 5.41) is 6.37. The first-order valence-corrected chi connectivity index (χ1v) is 5.54. The van der Waals surface area contributed by atoms with E-state index in [4.69, 9.17) is 4.52 Å². The maximum Gasteiger partial charge on any atom is 0.257 e. The lowest BCUT2D eigenvalue weighted by Gasteiger charge is -1.97. The van der Waals surface area contributed by atoms with Crippen LogP contribution < -0.4 is 5.32 Å². The molecule has 0 aliphatic rings. The number of carbonyl (C=O) groups excluding carboxylic acids is 1. The normalized spacial score (nSPS) is 10.3. The minimum absolute atomic E-state index is 0.0804. The lowest BCUT2D eigenvalue weighted by molar-refractivity contribution is -0.120. The van der Waals surface area contributed by atoms with Crippen LogP contribution in [0, 0.1) is 5.82 Å². The fourth-order valence-corrected chi connectivity index (χ4v) is 1.34. The van der Waals surface area contributed by atoms with E-state index in [0.29, 0.717) is 23.7 Å². The zero-order valence-corrected chi connectivity index (χ0v) is 9.81. The molecule has 1 amide bonds. The highest BCUT2D eigenvalue weighted by molar-refractivity contribution is 5.75. The molecule has 0 atom stereocenters. The number of rotatable bonds is 4. The van der Waals surface area contributed by atoms with E-state index < -0.39 is 0 Å². The van der Waals surface area contributed by atoms with Crippen LogP contribution in [0.15, 0.2) is 28.8 Å². The third-order valence-corrected chi connectivity index (χ3v) is 2.32. The largest absolute Gasteiger partial charge is 0.349 e. The molecule has 1 aromatic heterocycles. The standard InChI is InChI=1S/C12H12FN3O2/c1-2-11(17)14-7-10-15-12(18-16-10)8-3-5-9(13)6-4-8/h3-6H,2,7H2,1H3,(H,14,17). The molecule has 0 fully saturated rings. The summed E-state index contributed by atoms with van der Waals surface area (Å²) in [6.07, 6.45) is 0.405. The average Bonchev–Trinajstić information content (AvgIpc) is 2.85. The molecule has 94 valence electrons. The second-order valence-electron chi connectivity index (χ2n) is 3.65. The molecule has 6 heteroatoms. The summed E-state index contributed by atoms with van der Waals surface area (Å²) in [6.45, 7) is 1.98. The molecule has 1 heterocycles. The summed E-state index contributed by atoms with van der Waals surface area (Å²) in [5.74, 6) is 0.281. The fraction of sp³-hybridized carbons (Fsp3) is 0.250. The number of halogens is 1. The smallest absolute Gasteiger partial charge is 0.257 e. The Balaban J connectivity index is 2.06. The molecule has 0 unspecified atom stereocenters. The van der Waals surface area contributed by atoms with Crippen molar-refractivity contribution in [1.82, 2.24) is 15.5 Å². The van der Waals surface area contributed by atoms with Crippen molar-refractivity contribution in [1.29, 1.82) is 0 Å². The van der Waals surface area contributed by atoms with Crippen LogP contribution in [-0.4, -0.2) is 16.0 Å². The predicted molar refractivity (Wildman–Crippen MR) is 61.8 cm³/mol. The molecule has 1 N–H and O–H groups in total. The van der Waals surface area contributed by atoms with Gasteiger partial charge in [-0.25, -0.2) is 4.39 Å². The van der Waals surface area contributed by atoms with E-state index in [9.17, 15) is 9.18 Å². The topological polar surface area (TPSA) is 68.0 Å². The molecular formula is C12H12FN3O2. The quantitative estimate of drug-likeness (QED) is 0.898. The van der Waals surface area contributed by atoms with Crippen LogP contribution in [-0.2, 0) is 11.3 Å². The Morgan fingerprint density at radius 2 is 2.11 bits per heavy atom. The summed E-state index contributed by atoms with van der Waals surface area (Å²) in [6, 6.07) is 5.74. The second-order valence-corrected chi connectivity index (χ2v) is 3.65. The Labute approximate surface area is 103 Å². The van der Waals surface area contributed by atoms with Gasteiger partial charge in [0.2, 0.25) is 5.91 Å². The van der Waals surface area contributed by atoms with E-state index in [1.54, 1.807) is 19.1 Å². The number of amides is 1. The van der Waals surface area contributed by atoms with Gasteiger partial charge in [-0.15, -0.1) is 0 Å². The van der Waals surface area contributed by atoms with Crippen LogP contribution >= 0.6 is 0 Å². The van der Waals surface area contributed by atoms with Crippen LogP contribution in [0.1, 0.15) is 19.2 Å². The first-order chi connectivity index (χ1) is 8.69. The van der Waals surface area contributed by atoms with Gasteiger partial charge in [0.05, 0.1) is 6.54 Å². The molecule has 18 heavy (non-hydrogen) atoms. The Morgan fingerprint density at radius 1 is 1.39 bits per heavy atom. The Morgan fingerprint density at radius 3 is 2.78 bits per heavy atom. The van der Waals surface area contributed by atoms with Gasteiger partial charge >= 0.3 is 0 Å². The first-order valence-electron chi connectivity index (χ1n) is 5.54. The fourth-order valence-electron chi connectivity index (χ4n) is 1.34. The van der Waals surface area contributed by atoms with Gasteiger partial charge < -0.3 is 9.84 Å². The van der Waals surface area contributed by atoms with E-state index in [0.717, 1.165) is 0 Å². The van der Waals surface area contributed by atoms with Crippen LogP contribution in [0.3, 0.4) is 0 Å². The monoisotopic (exact) mass is 249 g/mol. The molecular weight excluding hydrogens is 237 g/mol. The summed E-state index contributed by atoms with van der Waals surface area (Å²) < 4.78 is 17.8. The van der Waals surface area contributed by atoms with Crippen molar-refractivity contribution < 1.29 is 13.7 Å². The third-order valence-electron chi connectivity index (χ3n) is 2.32. The van der Waals surface area contributed by atoms with Crippen LogP contribution in [0.25, 0.3) is 11.5 Å². The van der Waals surface area contributed by atoms with Gasteiger partial charge in [0, 0.05) is 12.0 Å². The van der Waals surface area contributed by atoms with E-state index >= 15 is 0 Å². The van der Waals surface area contributed by atoms with Crippen LogP contribution in [0.5, 0.6) is 0 Å². The van der Waals surface area contributed by atoms with Gasteiger partial charge in [-0.3, -0.25) is 4.79 Å². The van der Waals surface area contributed by atoms with Crippen molar-refractivity contribution in [2.75, 3.05) is 0 Å². The minimum atomic E-state index is -0.325. The zero-order valence-electron chi connectivity index (χ0n) is 9.81. The van der Waals surface area contributed by atoms with Crippen molar-refractivity contribution in [2.24, 2.45) is 0 Å². The zero-order chi connectivity index (χ0) is 13.0. The number of hydrogen-bond donors (Lipinski definition) is 1. The SMILES string of the molecule is CCC(=O)NCc1noc(-c2ccc(F)cc2)n1. The molecule has 0 saturated heterocycles. The maximum absolute atomic E-state index is 12.7. The first kappa shape index (κ1) is 12.2. The van der Waals surface area contributed by atoms with Gasteiger partial charge in [-0.05, 0) is 24.3 Å². The third kappa shape index (κ3) is 2.91. The number of nitrogens with zero attached hydrogens (tertiary/aromatic N) is 2. The molecule has 0 aliphatic carbocycles. The molecule has 2 rings (SSSR count). The maximum atomic E-state index is 12.7. The Hall–Kier alpha value is -2.24. The highest BCUT2D eigenvalue weighted by atomic mass is 19.1. The number of nitrogens with one attached hydrogen (secondary N) is 1. The van der Waals surface area contributed by atoms with Gasteiger partial charge in [-0.1, -0.05) is 12.1 Å². The number of benzene rings is 1. The molecule has 1 aromatic carbocycles. The van der Waals surface area contributed by atoms with Crippen molar-refractivity contribution in [3.05, 3.63) is 35.9 Å².